The Morgan fingerprint density at radius 3 is 2.54 bits per heavy atom. The molecule has 0 fully saturated rings. The minimum atomic E-state index is 0.133. The maximum atomic E-state index is 9.86. The standard InChI is InChI=1S/C24H24N4/c1-4-10-19-16(2)20(15-25)24-27-21-13-8-9-14-22(21)28(24)23(19)26-17(3)18-11-6-5-7-12-18/h5-9,11-14,17,26H,4,10H2,1-3H3/t17-/m1/s1. The smallest absolute Gasteiger partial charge is 0.157 e. The second kappa shape index (κ2) is 7.36. The van der Waals surface area contributed by atoms with Crippen LogP contribution >= 0.6 is 0 Å². The van der Waals surface area contributed by atoms with Crippen molar-refractivity contribution >= 4 is 22.5 Å². The molecule has 4 heteroatoms. The zero-order chi connectivity index (χ0) is 19.7. The fourth-order valence-corrected chi connectivity index (χ4v) is 3.92. The predicted octanol–water partition coefficient (Wildman–Crippen LogP) is 5.79. The third-order valence-corrected chi connectivity index (χ3v) is 5.39. The van der Waals surface area contributed by atoms with Crippen LogP contribution in [-0.4, -0.2) is 9.38 Å². The lowest BCUT2D eigenvalue weighted by molar-refractivity contribution is 0.844. The number of aromatic nitrogens is 2. The van der Waals surface area contributed by atoms with Gasteiger partial charge in [-0.25, -0.2) is 4.98 Å². The molecule has 4 aromatic rings. The van der Waals surface area contributed by atoms with Gasteiger partial charge in [-0.1, -0.05) is 55.8 Å². The Hall–Kier alpha value is -3.32. The molecule has 0 unspecified atom stereocenters. The molecule has 2 aromatic heterocycles. The first kappa shape index (κ1) is 18.1. The largest absolute Gasteiger partial charge is 0.364 e. The van der Waals surface area contributed by atoms with Crippen molar-refractivity contribution < 1.29 is 0 Å². The van der Waals surface area contributed by atoms with E-state index in [2.05, 4.69) is 60.0 Å². The van der Waals surface area contributed by atoms with Crippen molar-refractivity contribution in [2.75, 3.05) is 5.32 Å². The monoisotopic (exact) mass is 368 g/mol. The van der Waals surface area contributed by atoms with E-state index in [1.54, 1.807) is 0 Å². The third-order valence-electron chi connectivity index (χ3n) is 5.39. The van der Waals surface area contributed by atoms with Gasteiger partial charge in [-0.3, -0.25) is 4.40 Å². The van der Waals surface area contributed by atoms with Gasteiger partial charge < -0.3 is 5.32 Å². The van der Waals surface area contributed by atoms with Gasteiger partial charge in [-0.05, 0) is 49.1 Å². The number of para-hydroxylation sites is 2. The van der Waals surface area contributed by atoms with Crippen molar-refractivity contribution in [3.8, 4) is 6.07 Å². The number of imidazole rings is 1. The molecule has 0 aliphatic rings. The lowest BCUT2D eigenvalue weighted by Gasteiger charge is -2.22. The Balaban J connectivity index is 2.02. The van der Waals surface area contributed by atoms with Crippen molar-refractivity contribution in [1.29, 1.82) is 5.26 Å². The fraction of sp³-hybridized carbons (Fsp3) is 0.250. The number of rotatable bonds is 5. The minimum Gasteiger partial charge on any atom is -0.364 e. The van der Waals surface area contributed by atoms with E-state index in [1.807, 2.05) is 31.2 Å². The summed E-state index contributed by atoms with van der Waals surface area (Å²) in [5, 5.41) is 13.6. The molecule has 1 N–H and O–H groups in total. The van der Waals surface area contributed by atoms with Gasteiger partial charge in [0.1, 0.15) is 11.9 Å². The van der Waals surface area contributed by atoms with E-state index in [0.29, 0.717) is 5.56 Å². The Bertz CT molecular complexity index is 1180. The van der Waals surface area contributed by atoms with Crippen molar-refractivity contribution in [3.63, 3.8) is 0 Å². The van der Waals surface area contributed by atoms with Gasteiger partial charge >= 0.3 is 0 Å². The van der Waals surface area contributed by atoms with Gasteiger partial charge in [0, 0.05) is 6.04 Å². The van der Waals surface area contributed by atoms with Crippen LogP contribution in [-0.2, 0) is 6.42 Å². The zero-order valence-corrected chi connectivity index (χ0v) is 16.5. The molecule has 0 aliphatic carbocycles. The summed E-state index contributed by atoms with van der Waals surface area (Å²) in [7, 11) is 0. The molecule has 4 nitrogen and oxygen atoms in total. The summed E-state index contributed by atoms with van der Waals surface area (Å²) in [6.07, 6.45) is 1.92. The summed E-state index contributed by atoms with van der Waals surface area (Å²) in [5.41, 5.74) is 6.76. The number of hydrogen-bond donors (Lipinski definition) is 1. The molecular weight excluding hydrogens is 344 g/mol. The second-order valence-electron chi connectivity index (χ2n) is 7.23. The summed E-state index contributed by atoms with van der Waals surface area (Å²) in [6, 6.07) is 21.0. The maximum Gasteiger partial charge on any atom is 0.157 e. The topological polar surface area (TPSA) is 53.1 Å². The molecule has 0 bridgehead atoms. The van der Waals surface area contributed by atoms with E-state index >= 15 is 0 Å². The highest BCUT2D eigenvalue weighted by Gasteiger charge is 2.21. The van der Waals surface area contributed by atoms with Crippen molar-refractivity contribution in [3.05, 3.63) is 76.9 Å². The SMILES string of the molecule is CCCc1c(C)c(C#N)c2nc3ccccc3n2c1N[C@H](C)c1ccccc1. The van der Waals surface area contributed by atoms with Crippen LogP contribution in [0.4, 0.5) is 5.82 Å². The van der Waals surface area contributed by atoms with Crippen LogP contribution in [0.3, 0.4) is 0 Å². The third kappa shape index (κ3) is 2.90. The average Bonchev–Trinajstić information content (AvgIpc) is 3.10. The van der Waals surface area contributed by atoms with Gasteiger partial charge in [0.2, 0.25) is 0 Å². The van der Waals surface area contributed by atoms with Gasteiger partial charge in [0.05, 0.1) is 16.6 Å². The van der Waals surface area contributed by atoms with E-state index in [-0.39, 0.29) is 6.04 Å². The van der Waals surface area contributed by atoms with E-state index in [1.165, 1.54) is 11.1 Å². The molecule has 0 aliphatic heterocycles. The van der Waals surface area contributed by atoms with Crippen LogP contribution in [0.5, 0.6) is 0 Å². The molecule has 0 radical (unpaired) electrons. The Labute approximate surface area is 165 Å². The molecule has 0 amide bonds. The Morgan fingerprint density at radius 1 is 1.11 bits per heavy atom. The van der Waals surface area contributed by atoms with E-state index in [9.17, 15) is 5.26 Å². The molecule has 0 saturated heterocycles. The Kier molecular flexibility index (Phi) is 4.75. The van der Waals surface area contributed by atoms with Crippen molar-refractivity contribution in [2.24, 2.45) is 0 Å². The van der Waals surface area contributed by atoms with E-state index < -0.39 is 0 Å². The highest BCUT2D eigenvalue weighted by Crippen LogP contribution is 2.33. The van der Waals surface area contributed by atoms with E-state index in [4.69, 9.17) is 4.98 Å². The lowest BCUT2D eigenvalue weighted by atomic mass is 10.00. The van der Waals surface area contributed by atoms with Gasteiger partial charge in [-0.15, -0.1) is 0 Å². The fourth-order valence-electron chi connectivity index (χ4n) is 3.92. The number of anilines is 1. The molecular formula is C24H24N4. The second-order valence-corrected chi connectivity index (χ2v) is 7.23. The van der Waals surface area contributed by atoms with Crippen LogP contribution in [0.25, 0.3) is 16.7 Å². The number of hydrogen-bond acceptors (Lipinski definition) is 3. The first-order valence-electron chi connectivity index (χ1n) is 9.80. The van der Waals surface area contributed by atoms with Gasteiger partial charge in [-0.2, -0.15) is 5.26 Å². The maximum absolute atomic E-state index is 9.86. The van der Waals surface area contributed by atoms with Crippen LogP contribution in [0.2, 0.25) is 0 Å². The molecule has 0 spiro atoms. The average molecular weight is 368 g/mol. The first-order valence-corrected chi connectivity index (χ1v) is 9.80. The molecule has 1 atom stereocenters. The summed E-state index contributed by atoms with van der Waals surface area (Å²) in [5.74, 6) is 1.04. The number of nitrogens with zero attached hydrogens (tertiary/aromatic N) is 3. The lowest BCUT2D eigenvalue weighted by Crippen LogP contribution is -2.14. The number of nitrogens with one attached hydrogen (secondary N) is 1. The zero-order valence-electron chi connectivity index (χ0n) is 16.5. The summed E-state index contributed by atoms with van der Waals surface area (Å²) in [6.45, 7) is 6.39. The molecule has 28 heavy (non-hydrogen) atoms. The summed E-state index contributed by atoms with van der Waals surface area (Å²) in [4.78, 5) is 4.79. The normalized spacial score (nSPS) is 12.2. The van der Waals surface area contributed by atoms with Gasteiger partial charge in [0.15, 0.2) is 5.65 Å². The van der Waals surface area contributed by atoms with Crippen LogP contribution in [0, 0.1) is 18.3 Å². The minimum absolute atomic E-state index is 0.133. The molecule has 140 valence electrons. The highest BCUT2D eigenvalue weighted by molar-refractivity contribution is 5.86. The molecule has 4 rings (SSSR count). The van der Waals surface area contributed by atoms with Crippen molar-refractivity contribution in [1.82, 2.24) is 9.38 Å². The number of fused-ring (bicyclic) bond motifs is 3. The van der Waals surface area contributed by atoms with E-state index in [0.717, 1.165) is 40.9 Å². The summed E-state index contributed by atoms with van der Waals surface area (Å²) >= 11 is 0. The predicted molar refractivity (Wildman–Crippen MR) is 115 cm³/mol. The number of pyridine rings is 1. The number of benzene rings is 2. The highest BCUT2D eigenvalue weighted by atomic mass is 15.1. The Morgan fingerprint density at radius 2 is 1.82 bits per heavy atom. The summed E-state index contributed by atoms with van der Waals surface area (Å²) < 4.78 is 2.13. The molecule has 2 aromatic carbocycles. The number of nitriles is 1. The molecule has 2 heterocycles. The molecule has 0 saturated carbocycles. The van der Waals surface area contributed by atoms with Gasteiger partial charge in [0.25, 0.3) is 0 Å². The first-order chi connectivity index (χ1) is 13.7. The van der Waals surface area contributed by atoms with Crippen LogP contribution < -0.4 is 5.32 Å². The van der Waals surface area contributed by atoms with Crippen LogP contribution in [0.1, 0.15) is 48.6 Å². The van der Waals surface area contributed by atoms with Crippen molar-refractivity contribution in [2.45, 2.75) is 39.7 Å². The van der Waals surface area contributed by atoms with Crippen LogP contribution in [0.15, 0.2) is 54.6 Å². The quantitative estimate of drug-likeness (QED) is 0.485.